The van der Waals surface area contributed by atoms with Crippen molar-refractivity contribution in [1.82, 2.24) is 14.9 Å². The summed E-state index contributed by atoms with van der Waals surface area (Å²) in [6.45, 7) is 0.0280. The van der Waals surface area contributed by atoms with E-state index < -0.39 is 23.3 Å². The number of benzene rings is 1. The van der Waals surface area contributed by atoms with Gasteiger partial charge >= 0.3 is 12.2 Å². The molecular weight excluding hydrogens is 387 g/mol. The topological polar surface area (TPSA) is 102 Å². The van der Waals surface area contributed by atoms with Crippen molar-refractivity contribution in [2.24, 2.45) is 5.92 Å². The molecule has 150 valence electrons. The molecule has 4 rings (SSSR count). The highest BCUT2D eigenvalue weighted by Crippen LogP contribution is 2.44. The SMILES string of the molecule is Nc1cncn(Cc2ccc3c(c2)NC(=O)N[C@]3(C#CC2CC2)C(F)(F)F)c1=O. The van der Waals surface area contributed by atoms with Crippen molar-refractivity contribution in [2.45, 2.75) is 31.1 Å². The van der Waals surface area contributed by atoms with Gasteiger partial charge in [0.15, 0.2) is 0 Å². The van der Waals surface area contributed by atoms with Gasteiger partial charge in [-0.2, -0.15) is 13.2 Å². The van der Waals surface area contributed by atoms with Crippen LogP contribution < -0.4 is 21.9 Å². The summed E-state index contributed by atoms with van der Waals surface area (Å²) in [5, 5.41) is 4.36. The minimum atomic E-state index is -4.82. The molecule has 0 unspecified atom stereocenters. The highest BCUT2D eigenvalue weighted by atomic mass is 19.4. The lowest BCUT2D eigenvalue weighted by Gasteiger charge is -2.37. The van der Waals surface area contributed by atoms with Crippen molar-refractivity contribution in [3.63, 3.8) is 0 Å². The highest BCUT2D eigenvalue weighted by molar-refractivity contribution is 5.95. The lowest BCUT2D eigenvalue weighted by atomic mass is 9.85. The minimum absolute atomic E-state index is 0.0152. The summed E-state index contributed by atoms with van der Waals surface area (Å²) in [7, 11) is 0. The van der Waals surface area contributed by atoms with E-state index in [1.165, 1.54) is 35.3 Å². The average molecular weight is 403 g/mol. The van der Waals surface area contributed by atoms with E-state index in [1.807, 2.05) is 5.32 Å². The van der Waals surface area contributed by atoms with Crippen molar-refractivity contribution >= 4 is 17.4 Å². The Hall–Kier alpha value is -3.48. The second-order valence-corrected chi connectivity index (χ2v) is 7.03. The summed E-state index contributed by atoms with van der Waals surface area (Å²) in [4.78, 5) is 27.9. The van der Waals surface area contributed by atoms with Crippen molar-refractivity contribution in [3.05, 3.63) is 52.2 Å². The van der Waals surface area contributed by atoms with Crippen molar-refractivity contribution in [2.75, 3.05) is 11.1 Å². The second kappa shape index (κ2) is 6.55. The Morgan fingerprint density at radius 3 is 2.76 bits per heavy atom. The second-order valence-electron chi connectivity index (χ2n) is 7.03. The zero-order valence-electron chi connectivity index (χ0n) is 15.0. The van der Waals surface area contributed by atoms with Crippen LogP contribution >= 0.6 is 0 Å². The van der Waals surface area contributed by atoms with Crippen molar-refractivity contribution in [1.29, 1.82) is 0 Å². The van der Waals surface area contributed by atoms with Crippen molar-refractivity contribution < 1.29 is 18.0 Å². The number of anilines is 2. The molecule has 1 atom stereocenters. The number of hydrogen-bond acceptors (Lipinski definition) is 4. The van der Waals surface area contributed by atoms with E-state index in [9.17, 15) is 22.8 Å². The van der Waals surface area contributed by atoms with Gasteiger partial charge in [0.1, 0.15) is 5.69 Å². The molecule has 4 N–H and O–H groups in total. The standard InChI is InChI=1S/C19H16F3N5O2/c20-19(21,22)18(6-5-11-1-2-11)13-4-3-12(7-15(13)25-17(29)26-18)9-27-10-24-8-14(23)16(27)28/h3-4,7-8,10-11H,1-2,9,23H2,(H2,25,26,29)/t18-/m0/s1. The van der Waals surface area contributed by atoms with Gasteiger partial charge in [0.2, 0.25) is 5.54 Å². The van der Waals surface area contributed by atoms with Gasteiger partial charge in [-0.25, -0.2) is 9.78 Å². The normalized spacial score (nSPS) is 20.7. The fourth-order valence-corrected chi connectivity index (χ4v) is 3.12. The van der Waals surface area contributed by atoms with E-state index in [4.69, 9.17) is 5.73 Å². The molecule has 2 heterocycles. The average Bonchev–Trinajstić information content (AvgIpc) is 3.46. The van der Waals surface area contributed by atoms with Gasteiger partial charge in [-0.05, 0) is 24.5 Å². The number of nitrogens with one attached hydrogen (secondary N) is 2. The number of amides is 2. The Labute approximate surface area is 163 Å². The molecule has 0 bridgehead atoms. The third-order valence-corrected chi connectivity index (χ3v) is 4.78. The first kappa shape index (κ1) is 18.9. The predicted octanol–water partition coefficient (Wildman–Crippen LogP) is 2.18. The lowest BCUT2D eigenvalue weighted by molar-refractivity contribution is -0.178. The maximum atomic E-state index is 14.1. The first-order valence-corrected chi connectivity index (χ1v) is 8.81. The van der Waals surface area contributed by atoms with Gasteiger partial charge in [-0.15, -0.1) is 0 Å². The van der Waals surface area contributed by atoms with Gasteiger partial charge in [0.05, 0.1) is 19.1 Å². The van der Waals surface area contributed by atoms with Crippen LogP contribution in [0.4, 0.5) is 29.3 Å². The molecule has 1 aliphatic carbocycles. The Morgan fingerprint density at radius 1 is 1.31 bits per heavy atom. The predicted molar refractivity (Wildman–Crippen MR) is 98.8 cm³/mol. The molecule has 1 saturated carbocycles. The summed E-state index contributed by atoms with van der Waals surface area (Å²) in [5.74, 6) is 4.83. The van der Waals surface area contributed by atoms with Crippen LogP contribution in [0.3, 0.4) is 0 Å². The van der Waals surface area contributed by atoms with Gasteiger partial charge in [0.25, 0.3) is 5.56 Å². The number of rotatable bonds is 2. The Morgan fingerprint density at radius 2 is 2.07 bits per heavy atom. The van der Waals surface area contributed by atoms with E-state index in [1.54, 1.807) is 0 Å². The molecule has 2 aliphatic rings. The van der Waals surface area contributed by atoms with Crippen LogP contribution in [0, 0.1) is 17.8 Å². The monoisotopic (exact) mass is 403 g/mol. The fraction of sp³-hybridized carbons (Fsp3) is 0.316. The lowest BCUT2D eigenvalue weighted by Crippen LogP contribution is -2.59. The van der Waals surface area contributed by atoms with Gasteiger partial charge in [-0.1, -0.05) is 24.0 Å². The molecular formula is C19H16F3N5O2. The molecule has 1 aliphatic heterocycles. The number of carbonyl (C=O) groups is 1. The van der Waals surface area contributed by atoms with E-state index >= 15 is 0 Å². The largest absolute Gasteiger partial charge is 0.427 e. The Balaban J connectivity index is 1.78. The van der Waals surface area contributed by atoms with Crippen LogP contribution in [0.2, 0.25) is 0 Å². The molecule has 2 aromatic rings. The van der Waals surface area contributed by atoms with E-state index in [0.717, 1.165) is 12.8 Å². The Kier molecular flexibility index (Phi) is 4.26. The van der Waals surface area contributed by atoms with E-state index in [2.05, 4.69) is 22.1 Å². The summed E-state index contributed by atoms with van der Waals surface area (Å²) < 4.78 is 43.4. The summed E-state index contributed by atoms with van der Waals surface area (Å²) in [6, 6.07) is 3.10. The number of nitrogen functional groups attached to an aromatic ring is 1. The van der Waals surface area contributed by atoms with Gasteiger partial charge in [-0.3, -0.25) is 9.36 Å². The van der Waals surface area contributed by atoms with Gasteiger partial charge in [0, 0.05) is 17.2 Å². The van der Waals surface area contributed by atoms with Crippen LogP contribution in [-0.2, 0) is 12.1 Å². The Bertz CT molecular complexity index is 1110. The van der Waals surface area contributed by atoms with E-state index in [0.29, 0.717) is 5.56 Å². The van der Waals surface area contributed by atoms with Crippen molar-refractivity contribution in [3.8, 4) is 11.8 Å². The molecule has 2 amide bonds. The summed E-state index contributed by atoms with van der Waals surface area (Å²) in [6.07, 6.45) is -0.825. The highest BCUT2D eigenvalue weighted by Gasteiger charge is 2.59. The van der Waals surface area contributed by atoms with Crippen LogP contribution in [0.15, 0.2) is 35.5 Å². The maximum absolute atomic E-state index is 14.1. The fourth-order valence-electron chi connectivity index (χ4n) is 3.12. The summed E-state index contributed by atoms with van der Waals surface area (Å²) >= 11 is 0. The molecule has 0 spiro atoms. The number of carbonyl (C=O) groups excluding carboxylic acids is 1. The molecule has 1 aromatic heterocycles. The zero-order valence-corrected chi connectivity index (χ0v) is 15.0. The number of hydrogen-bond donors (Lipinski definition) is 3. The van der Waals surface area contributed by atoms with Crippen LogP contribution in [0.25, 0.3) is 0 Å². The van der Waals surface area contributed by atoms with Crippen LogP contribution in [0.5, 0.6) is 0 Å². The number of alkyl halides is 3. The number of nitrogens with zero attached hydrogens (tertiary/aromatic N) is 2. The number of urea groups is 1. The van der Waals surface area contributed by atoms with Gasteiger partial charge < -0.3 is 16.4 Å². The number of aromatic nitrogens is 2. The quantitative estimate of drug-likeness (QED) is 0.669. The van der Waals surface area contributed by atoms with Crippen LogP contribution in [0.1, 0.15) is 24.0 Å². The number of fused-ring (bicyclic) bond motifs is 1. The first-order valence-electron chi connectivity index (χ1n) is 8.81. The molecule has 10 heteroatoms. The van der Waals surface area contributed by atoms with E-state index in [-0.39, 0.29) is 29.4 Å². The molecule has 1 aromatic carbocycles. The number of halogens is 3. The molecule has 0 radical (unpaired) electrons. The third kappa shape index (κ3) is 3.40. The molecule has 0 saturated heterocycles. The molecule has 29 heavy (non-hydrogen) atoms. The maximum Gasteiger partial charge on any atom is 0.427 e. The minimum Gasteiger partial charge on any atom is -0.393 e. The number of nitrogens with two attached hydrogens (primary N) is 1. The molecule has 1 fully saturated rings. The smallest absolute Gasteiger partial charge is 0.393 e. The molecule has 7 nitrogen and oxygen atoms in total. The van der Waals surface area contributed by atoms with Crippen LogP contribution in [-0.4, -0.2) is 21.8 Å². The zero-order chi connectivity index (χ0) is 20.8. The third-order valence-electron chi connectivity index (χ3n) is 4.78. The summed E-state index contributed by atoms with van der Waals surface area (Å²) in [5.41, 5.74) is 2.52. The first-order chi connectivity index (χ1) is 13.7.